The molecule has 34 heavy (non-hydrogen) atoms. The molecule has 2 saturated heterocycles. The van der Waals surface area contributed by atoms with Crippen LogP contribution in [0.15, 0.2) is 23.5 Å². The van der Waals surface area contributed by atoms with E-state index in [1.54, 1.807) is 4.90 Å². The molecular formula is C25H36N6O3. The Balaban J connectivity index is 1.31. The zero-order valence-electron chi connectivity index (χ0n) is 20.3. The van der Waals surface area contributed by atoms with Gasteiger partial charge in [0, 0.05) is 44.0 Å². The Morgan fingerprint density at radius 3 is 2.50 bits per heavy atom. The Kier molecular flexibility index (Phi) is 7.03. The molecule has 184 valence electrons. The number of likely N-dealkylation sites (tertiary alicyclic amines) is 1. The van der Waals surface area contributed by atoms with Crippen LogP contribution in [-0.4, -0.2) is 58.6 Å². The largest absolute Gasteiger partial charge is 0.445 e. The first-order valence-electron chi connectivity index (χ1n) is 12.1. The molecule has 2 fully saturated rings. The number of allylic oxidation sites excluding steroid dienone is 1. The highest BCUT2D eigenvalue weighted by molar-refractivity contribution is 5.68. The van der Waals surface area contributed by atoms with E-state index in [0.29, 0.717) is 62.1 Å². The normalized spacial score (nSPS) is 25.2. The van der Waals surface area contributed by atoms with Gasteiger partial charge < -0.3 is 21.1 Å². The van der Waals surface area contributed by atoms with E-state index in [2.05, 4.69) is 19.9 Å². The summed E-state index contributed by atoms with van der Waals surface area (Å²) in [6.45, 7) is 8.89. The second-order valence-corrected chi connectivity index (χ2v) is 10.3. The van der Waals surface area contributed by atoms with Crippen LogP contribution in [0.25, 0.3) is 0 Å². The maximum atomic E-state index is 12.8. The van der Waals surface area contributed by atoms with Crippen molar-refractivity contribution in [2.24, 2.45) is 23.3 Å². The van der Waals surface area contributed by atoms with E-state index in [1.807, 2.05) is 24.1 Å². The highest BCUT2D eigenvalue weighted by atomic mass is 16.6. The number of ether oxygens (including phenoxy) is 1. The summed E-state index contributed by atoms with van der Waals surface area (Å²) >= 11 is 0. The molecule has 1 aromatic carbocycles. The van der Waals surface area contributed by atoms with Crippen LogP contribution in [0, 0.1) is 30.1 Å². The number of nitrogens with zero attached hydrogens (tertiary/aromatic N) is 4. The molecule has 1 amide bonds. The Labute approximate surface area is 201 Å². The minimum Gasteiger partial charge on any atom is -0.445 e. The first kappa shape index (κ1) is 24.3. The van der Waals surface area contributed by atoms with Crippen molar-refractivity contribution in [2.75, 3.05) is 26.2 Å². The van der Waals surface area contributed by atoms with Gasteiger partial charge in [0.1, 0.15) is 6.61 Å². The number of hydrazine groups is 1. The summed E-state index contributed by atoms with van der Waals surface area (Å²) in [5.74, 6) is 0.825. The van der Waals surface area contributed by atoms with E-state index in [4.69, 9.17) is 16.2 Å². The van der Waals surface area contributed by atoms with Gasteiger partial charge in [-0.15, -0.1) is 5.17 Å². The molecule has 2 aliphatic heterocycles. The number of aryl methyl sites for hydroxylation is 1. The summed E-state index contributed by atoms with van der Waals surface area (Å²) in [5.41, 5.74) is 16.8. The van der Waals surface area contributed by atoms with Crippen LogP contribution in [0.2, 0.25) is 0 Å². The Hall–Kier alpha value is -2.80. The summed E-state index contributed by atoms with van der Waals surface area (Å²) < 4.78 is 5.69. The molecule has 9 nitrogen and oxygen atoms in total. The van der Waals surface area contributed by atoms with Crippen LogP contribution in [0.5, 0.6) is 0 Å². The molecule has 4 rings (SSSR count). The maximum absolute atomic E-state index is 12.8. The van der Waals surface area contributed by atoms with Gasteiger partial charge in [0.25, 0.3) is 0 Å². The maximum Gasteiger partial charge on any atom is 0.410 e. The SMILES string of the molecule is Cc1cc(COC(=O)N2CC3CN(N(O)[C@@H]4CCC(N)=C(N)C4)CC3C2)c(C(C)C)cc1C#N. The number of amides is 1. The van der Waals surface area contributed by atoms with Gasteiger partial charge in [0.2, 0.25) is 0 Å². The van der Waals surface area contributed by atoms with Gasteiger partial charge >= 0.3 is 6.09 Å². The average Bonchev–Trinajstić information content (AvgIpc) is 3.38. The van der Waals surface area contributed by atoms with Gasteiger partial charge in [0.15, 0.2) is 0 Å². The third-order valence-electron chi connectivity index (χ3n) is 7.54. The van der Waals surface area contributed by atoms with Crippen molar-refractivity contribution in [2.45, 2.75) is 58.6 Å². The van der Waals surface area contributed by atoms with E-state index in [1.165, 1.54) is 5.17 Å². The quantitative estimate of drug-likeness (QED) is 0.562. The second kappa shape index (κ2) is 9.82. The molecule has 3 aliphatic rings. The minimum absolute atomic E-state index is 0.0572. The number of carbonyl (C=O) groups excluding carboxylic acids is 1. The minimum atomic E-state index is -0.306. The topological polar surface area (TPSA) is 132 Å². The van der Waals surface area contributed by atoms with Crippen LogP contribution < -0.4 is 11.5 Å². The highest BCUT2D eigenvalue weighted by Gasteiger charge is 2.44. The highest BCUT2D eigenvalue weighted by Crippen LogP contribution is 2.34. The van der Waals surface area contributed by atoms with Crippen molar-refractivity contribution < 1.29 is 14.7 Å². The number of fused-ring (bicyclic) bond motifs is 1. The number of hydrogen-bond acceptors (Lipinski definition) is 8. The number of hydroxylamine groups is 1. The fourth-order valence-electron chi connectivity index (χ4n) is 5.48. The third-order valence-corrected chi connectivity index (χ3v) is 7.54. The number of hydrogen-bond donors (Lipinski definition) is 3. The van der Waals surface area contributed by atoms with Gasteiger partial charge in [-0.3, -0.25) is 5.21 Å². The fourth-order valence-corrected chi connectivity index (χ4v) is 5.48. The molecule has 0 saturated carbocycles. The van der Waals surface area contributed by atoms with Gasteiger partial charge in [-0.25, -0.2) is 9.80 Å². The van der Waals surface area contributed by atoms with Gasteiger partial charge in [0.05, 0.1) is 17.7 Å². The molecule has 0 radical (unpaired) electrons. The van der Waals surface area contributed by atoms with E-state index in [0.717, 1.165) is 28.8 Å². The van der Waals surface area contributed by atoms with Crippen LogP contribution in [-0.2, 0) is 11.3 Å². The number of nitriles is 1. The van der Waals surface area contributed by atoms with E-state index in [9.17, 15) is 15.3 Å². The molecule has 5 N–H and O–H groups in total. The Morgan fingerprint density at radius 1 is 1.24 bits per heavy atom. The van der Waals surface area contributed by atoms with E-state index < -0.39 is 0 Å². The van der Waals surface area contributed by atoms with Gasteiger partial charge in [-0.2, -0.15) is 5.26 Å². The van der Waals surface area contributed by atoms with Crippen LogP contribution in [0.4, 0.5) is 4.79 Å². The lowest BCUT2D eigenvalue weighted by Gasteiger charge is -2.36. The van der Waals surface area contributed by atoms with Crippen molar-refractivity contribution in [1.29, 1.82) is 5.26 Å². The Morgan fingerprint density at radius 2 is 1.91 bits per heavy atom. The molecular weight excluding hydrogens is 432 g/mol. The zero-order valence-corrected chi connectivity index (χ0v) is 20.3. The predicted molar refractivity (Wildman–Crippen MR) is 127 cm³/mol. The average molecular weight is 469 g/mol. The van der Waals surface area contributed by atoms with Crippen molar-refractivity contribution >= 4 is 6.09 Å². The van der Waals surface area contributed by atoms with Crippen molar-refractivity contribution in [1.82, 2.24) is 15.1 Å². The summed E-state index contributed by atoms with van der Waals surface area (Å²) in [7, 11) is 0. The van der Waals surface area contributed by atoms with Crippen LogP contribution in [0.1, 0.15) is 61.3 Å². The fraction of sp³-hybridized carbons (Fsp3) is 0.600. The number of nitrogens with two attached hydrogens (primary N) is 2. The molecule has 1 aliphatic carbocycles. The van der Waals surface area contributed by atoms with E-state index in [-0.39, 0.29) is 24.7 Å². The first-order valence-corrected chi connectivity index (χ1v) is 12.1. The summed E-state index contributed by atoms with van der Waals surface area (Å²) in [5, 5.41) is 23.4. The lowest BCUT2D eigenvalue weighted by Crippen LogP contribution is -2.48. The summed E-state index contributed by atoms with van der Waals surface area (Å²) in [6.07, 6.45) is 1.74. The second-order valence-electron chi connectivity index (χ2n) is 10.3. The van der Waals surface area contributed by atoms with Crippen molar-refractivity contribution in [3.8, 4) is 6.07 Å². The van der Waals surface area contributed by atoms with E-state index >= 15 is 0 Å². The molecule has 3 atom stereocenters. The molecule has 0 spiro atoms. The summed E-state index contributed by atoms with van der Waals surface area (Å²) in [4.78, 5) is 14.6. The van der Waals surface area contributed by atoms with Crippen LogP contribution >= 0.6 is 0 Å². The standard InChI is InChI=1S/C25H36N6O3/c1-15(2)22-7-17(9-26)16(3)6-18(22)14-34-25(32)29-10-19-12-30(13-20(19)11-29)31(33)21-4-5-23(27)24(28)8-21/h6-7,15,19-21,33H,4-5,8,10-14,27-28H2,1-3H3/t19?,20?,21-/m1/s1. The molecule has 1 aromatic rings. The smallest absolute Gasteiger partial charge is 0.410 e. The van der Waals surface area contributed by atoms with Gasteiger partial charge in [-0.05, 0) is 60.3 Å². The lowest BCUT2D eigenvalue weighted by atomic mass is 9.93. The molecule has 0 aromatic heterocycles. The number of benzene rings is 1. The Bertz CT molecular complexity index is 1000. The zero-order chi connectivity index (χ0) is 24.6. The predicted octanol–water partition coefficient (Wildman–Crippen LogP) is 2.78. The molecule has 0 bridgehead atoms. The molecule has 2 unspecified atom stereocenters. The molecule has 2 heterocycles. The number of carbonyl (C=O) groups is 1. The van der Waals surface area contributed by atoms with Crippen LogP contribution in [0.3, 0.4) is 0 Å². The summed E-state index contributed by atoms with van der Waals surface area (Å²) in [6, 6.07) is 6.03. The number of rotatable bonds is 5. The third kappa shape index (κ3) is 4.85. The van der Waals surface area contributed by atoms with Gasteiger partial charge in [-0.1, -0.05) is 19.9 Å². The van der Waals surface area contributed by atoms with Crippen molar-refractivity contribution in [3.05, 3.63) is 45.8 Å². The van der Waals surface area contributed by atoms with Crippen molar-refractivity contribution in [3.63, 3.8) is 0 Å². The lowest BCUT2D eigenvalue weighted by molar-refractivity contribution is -0.268. The monoisotopic (exact) mass is 468 g/mol. The molecule has 9 heteroatoms. The first-order chi connectivity index (χ1) is 16.2.